The summed E-state index contributed by atoms with van der Waals surface area (Å²) < 4.78 is 0. The van der Waals surface area contributed by atoms with E-state index in [-0.39, 0.29) is 5.91 Å². The van der Waals surface area contributed by atoms with Crippen molar-refractivity contribution in [2.24, 2.45) is 0 Å². The van der Waals surface area contributed by atoms with Crippen molar-refractivity contribution in [3.63, 3.8) is 0 Å². The van der Waals surface area contributed by atoms with Crippen molar-refractivity contribution in [1.29, 1.82) is 0 Å². The van der Waals surface area contributed by atoms with Crippen LogP contribution in [0.15, 0.2) is 0 Å². The molecule has 0 unspecified atom stereocenters. The van der Waals surface area contributed by atoms with Crippen LogP contribution in [0.5, 0.6) is 0 Å². The number of carbonyl (C=O) groups excluding carboxylic acids is 1. The third kappa shape index (κ3) is 4.00. The second kappa shape index (κ2) is 5.85. The third-order valence-electron chi connectivity index (χ3n) is 2.21. The Morgan fingerprint density at radius 3 is 2.73 bits per heavy atom. The molecule has 0 bridgehead atoms. The molecule has 4 heteroatoms. The van der Waals surface area contributed by atoms with Crippen LogP contribution < -0.4 is 5.32 Å². The topological polar surface area (TPSA) is 42.0 Å². The van der Waals surface area contributed by atoms with Crippen LogP contribution in [-0.2, 0) is 11.2 Å². The fraction of sp³-hybridized carbons (Fsp3) is 0.636. The molecule has 3 nitrogen and oxygen atoms in total. The maximum Gasteiger partial charge on any atom is 0.220 e. The van der Waals surface area contributed by atoms with Crippen molar-refractivity contribution in [3.05, 3.63) is 15.6 Å². The second-order valence-corrected chi connectivity index (χ2v) is 4.89. The molecule has 84 valence electrons. The predicted molar refractivity (Wildman–Crippen MR) is 63.2 cm³/mol. The average molecular weight is 226 g/mol. The molecule has 1 rings (SSSR count). The number of hydrogen-bond donors (Lipinski definition) is 1. The van der Waals surface area contributed by atoms with Gasteiger partial charge in [-0.1, -0.05) is 6.92 Å². The maximum absolute atomic E-state index is 11.3. The fourth-order valence-electron chi connectivity index (χ4n) is 1.22. The van der Waals surface area contributed by atoms with E-state index >= 15 is 0 Å². The summed E-state index contributed by atoms with van der Waals surface area (Å²) in [5.74, 6) is 0.127. The summed E-state index contributed by atoms with van der Waals surface area (Å²) in [6.07, 6.45) is 2.29. The van der Waals surface area contributed by atoms with Gasteiger partial charge in [-0.15, -0.1) is 11.3 Å². The lowest BCUT2D eigenvalue weighted by atomic mass is 10.3. The van der Waals surface area contributed by atoms with Crippen LogP contribution in [0.4, 0.5) is 0 Å². The first-order valence-corrected chi connectivity index (χ1v) is 6.14. The molecule has 0 aliphatic rings. The molecule has 1 aromatic rings. The van der Waals surface area contributed by atoms with Gasteiger partial charge in [0.25, 0.3) is 0 Å². The van der Waals surface area contributed by atoms with Crippen LogP contribution >= 0.6 is 11.3 Å². The van der Waals surface area contributed by atoms with E-state index in [1.165, 1.54) is 4.88 Å². The van der Waals surface area contributed by atoms with E-state index in [1.807, 2.05) is 13.8 Å². The lowest BCUT2D eigenvalue weighted by molar-refractivity contribution is -0.121. The number of hydrogen-bond acceptors (Lipinski definition) is 3. The number of aryl methyl sites for hydroxylation is 3. The molecule has 0 aliphatic carbocycles. The Balaban J connectivity index is 2.33. The minimum atomic E-state index is 0.127. The number of aromatic nitrogens is 1. The van der Waals surface area contributed by atoms with Crippen LogP contribution in [0.1, 0.15) is 35.3 Å². The molecule has 0 saturated carbocycles. The zero-order chi connectivity index (χ0) is 11.3. The zero-order valence-corrected chi connectivity index (χ0v) is 10.4. The van der Waals surface area contributed by atoms with E-state index in [1.54, 1.807) is 11.3 Å². The summed E-state index contributed by atoms with van der Waals surface area (Å²) in [4.78, 5) is 17.0. The van der Waals surface area contributed by atoms with Crippen LogP contribution in [0, 0.1) is 13.8 Å². The van der Waals surface area contributed by atoms with Gasteiger partial charge in [-0.05, 0) is 20.3 Å². The number of nitrogens with one attached hydrogen (secondary N) is 1. The second-order valence-electron chi connectivity index (χ2n) is 3.60. The fourth-order valence-corrected chi connectivity index (χ4v) is 2.15. The first kappa shape index (κ1) is 12.2. The Morgan fingerprint density at radius 1 is 1.47 bits per heavy atom. The van der Waals surface area contributed by atoms with Crippen LogP contribution in [0.2, 0.25) is 0 Å². The van der Waals surface area contributed by atoms with Gasteiger partial charge in [0, 0.05) is 24.3 Å². The van der Waals surface area contributed by atoms with Crippen LogP contribution in [-0.4, -0.2) is 17.4 Å². The number of rotatable bonds is 5. The summed E-state index contributed by atoms with van der Waals surface area (Å²) in [7, 11) is 0. The van der Waals surface area contributed by atoms with Gasteiger partial charge in [0.15, 0.2) is 0 Å². The first-order valence-electron chi connectivity index (χ1n) is 5.33. The van der Waals surface area contributed by atoms with Crippen molar-refractivity contribution in [1.82, 2.24) is 10.3 Å². The van der Waals surface area contributed by atoms with E-state index < -0.39 is 0 Å². The molecule has 0 atom stereocenters. The highest BCUT2D eigenvalue weighted by Gasteiger charge is 2.06. The Labute approximate surface area is 94.9 Å². The van der Waals surface area contributed by atoms with Gasteiger partial charge in [-0.25, -0.2) is 4.98 Å². The average Bonchev–Trinajstić information content (AvgIpc) is 2.52. The number of thiazole rings is 1. The first-order chi connectivity index (χ1) is 7.13. The maximum atomic E-state index is 11.3. The molecule has 0 aromatic carbocycles. The van der Waals surface area contributed by atoms with Gasteiger partial charge in [-0.3, -0.25) is 4.79 Å². The molecule has 1 amide bonds. The minimum absolute atomic E-state index is 0.127. The molecule has 0 radical (unpaired) electrons. The molecule has 15 heavy (non-hydrogen) atoms. The summed E-state index contributed by atoms with van der Waals surface area (Å²) in [6.45, 7) is 6.89. The smallest absolute Gasteiger partial charge is 0.220 e. The number of amides is 1. The summed E-state index contributed by atoms with van der Waals surface area (Å²) in [5, 5.41) is 3.93. The monoisotopic (exact) mass is 226 g/mol. The van der Waals surface area contributed by atoms with Gasteiger partial charge in [0.1, 0.15) is 0 Å². The zero-order valence-electron chi connectivity index (χ0n) is 9.59. The van der Waals surface area contributed by atoms with E-state index in [2.05, 4.69) is 17.2 Å². The number of nitrogens with zero attached hydrogens (tertiary/aromatic N) is 1. The predicted octanol–water partition coefficient (Wildman–Crippen LogP) is 2.22. The quantitative estimate of drug-likeness (QED) is 0.836. The lowest BCUT2D eigenvalue weighted by Gasteiger charge is -2.01. The molecule has 0 fully saturated rings. The van der Waals surface area contributed by atoms with Crippen molar-refractivity contribution >= 4 is 17.2 Å². The SMILES string of the molecule is CCCNC(=O)CCc1nc(C)c(C)s1. The number of carbonyl (C=O) groups is 1. The highest BCUT2D eigenvalue weighted by molar-refractivity contribution is 7.11. The standard InChI is InChI=1S/C11H18N2OS/c1-4-7-12-10(14)5-6-11-13-8(2)9(3)15-11/h4-7H2,1-3H3,(H,12,14). The lowest BCUT2D eigenvalue weighted by Crippen LogP contribution is -2.24. The van der Waals surface area contributed by atoms with E-state index in [4.69, 9.17) is 0 Å². The van der Waals surface area contributed by atoms with Crippen molar-refractivity contribution in [2.75, 3.05) is 6.54 Å². The Hall–Kier alpha value is -0.900. The molecular weight excluding hydrogens is 208 g/mol. The molecular formula is C11H18N2OS. The Kier molecular flexibility index (Phi) is 4.75. The van der Waals surface area contributed by atoms with Gasteiger partial charge in [-0.2, -0.15) is 0 Å². The summed E-state index contributed by atoms with van der Waals surface area (Å²) in [6, 6.07) is 0. The van der Waals surface area contributed by atoms with E-state index in [9.17, 15) is 4.79 Å². The third-order valence-corrected chi connectivity index (χ3v) is 3.34. The molecule has 1 N–H and O–H groups in total. The molecule has 0 spiro atoms. The summed E-state index contributed by atoms with van der Waals surface area (Å²) in [5.41, 5.74) is 1.09. The van der Waals surface area contributed by atoms with E-state index in [0.717, 1.165) is 30.1 Å². The summed E-state index contributed by atoms with van der Waals surface area (Å²) >= 11 is 1.69. The molecule has 1 heterocycles. The molecule has 0 aliphatic heterocycles. The van der Waals surface area contributed by atoms with Gasteiger partial charge in [0.2, 0.25) is 5.91 Å². The normalized spacial score (nSPS) is 10.3. The van der Waals surface area contributed by atoms with Crippen LogP contribution in [0.25, 0.3) is 0 Å². The van der Waals surface area contributed by atoms with Gasteiger partial charge < -0.3 is 5.32 Å². The van der Waals surface area contributed by atoms with Gasteiger partial charge in [0.05, 0.1) is 10.7 Å². The van der Waals surface area contributed by atoms with Crippen molar-refractivity contribution in [3.8, 4) is 0 Å². The van der Waals surface area contributed by atoms with Gasteiger partial charge >= 0.3 is 0 Å². The molecule has 1 aromatic heterocycles. The molecule has 0 saturated heterocycles. The minimum Gasteiger partial charge on any atom is -0.356 e. The van der Waals surface area contributed by atoms with E-state index in [0.29, 0.717) is 6.42 Å². The Bertz CT molecular complexity index is 314. The van der Waals surface area contributed by atoms with Crippen LogP contribution in [0.3, 0.4) is 0 Å². The van der Waals surface area contributed by atoms with Crippen molar-refractivity contribution in [2.45, 2.75) is 40.0 Å². The highest BCUT2D eigenvalue weighted by Crippen LogP contribution is 2.17. The largest absolute Gasteiger partial charge is 0.356 e. The Morgan fingerprint density at radius 2 is 2.20 bits per heavy atom. The highest BCUT2D eigenvalue weighted by atomic mass is 32.1. The van der Waals surface area contributed by atoms with Crippen molar-refractivity contribution < 1.29 is 4.79 Å².